The fraction of sp³-hybridized carbons (Fsp3) is 0.136. The first kappa shape index (κ1) is 27.4. The third kappa shape index (κ3) is 4.30. The number of hydrogen-bond donors (Lipinski definition) is 0. The second-order valence-electron chi connectivity index (χ2n) is 13.5. The van der Waals surface area contributed by atoms with Gasteiger partial charge in [-0.25, -0.2) is 0 Å². The Morgan fingerprint density at radius 3 is 1.60 bits per heavy atom. The molecule has 0 saturated carbocycles. The zero-order valence-corrected chi connectivity index (χ0v) is 26.6. The standard InChI is InChI=1S/C44H37N/c1-28-26-41(45-39-21-13-11-17-32(39)33-18-12-14-22-40(33)45)29(2)25-37(28)43-35-20-10-9-19-34(35)42(30-15-7-6-8-16-30)38-27-31(44(3,4)5)23-24-36(38)43/h6-27H,1-5H3. The molecule has 0 aliphatic rings. The fourth-order valence-electron chi connectivity index (χ4n) is 7.34. The molecule has 0 fully saturated rings. The molecule has 1 aromatic heterocycles. The highest BCUT2D eigenvalue weighted by molar-refractivity contribution is 6.22. The van der Waals surface area contributed by atoms with Gasteiger partial charge >= 0.3 is 0 Å². The van der Waals surface area contributed by atoms with Crippen LogP contribution >= 0.6 is 0 Å². The minimum atomic E-state index is 0.0461. The molecule has 0 N–H and O–H groups in total. The second kappa shape index (κ2) is 10.2. The summed E-state index contributed by atoms with van der Waals surface area (Å²) in [5.74, 6) is 0. The van der Waals surface area contributed by atoms with E-state index in [9.17, 15) is 0 Å². The lowest BCUT2D eigenvalue weighted by atomic mass is 9.80. The minimum absolute atomic E-state index is 0.0461. The van der Waals surface area contributed by atoms with Gasteiger partial charge in [-0.2, -0.15) is 0 Å². The number of rotatable bonds is 3. The van der Waals surface area contributed by atoms with Crippen molar-refractivity contribution < 1.29 is 0 Å². The van der Waals surface area contributed by atoms with Crippen molar-refractivity contribution in [2.45, 2.75) is 40.0 Å². The Morgan fingerprint density at radius 2 is 0.978 bits per heavy atom. The highest BCUT2D eigenvalue weighted by Crippen LogP contribution is 2.46. The maximum atomic E-state index is 2.45. The van der Waals surface area contributed by atoms with Crippen LogP contribution in [0.3, 0.4) is 0 Å². The van der Waals surface area contributed by atoms with Crippen molar-refractivity contribution in [3.63, 3.8) is 0 Å². The summed E-state index contributed by atoms with van der Waals surface area (Å²) in [6, 6.07) is 49.4. The van der Waals surface area contributed by atoms with Crippen LogP contribution in [0.25, 0.3) is 71.3 Å². The van der Waals surface area contributed by atoms with Gasteiger partial charge in [-0.3, -0.25) is 0 Å². The molecule has 45 heavy (non-hydrogen) atoms. The predicted octanol–water partition coefficient (Wildman–Crippen LogP) is 12.3. The molecule has 1 nitrogen and oxygen atoms in total. The summed E-state index contributed by atoms with van der Waals surface area (Å²) in [6.45, 7) is 11.5. The molecule has 0 saturated heterocycles. The molecule has 8 aromatic rings. The second-order valence-corrected chi connectivity index (χ2v) is 13.5. The predicted molar refractivity (Wildman–Crippen MR) is 195 cm³/mol. The number of para-hydroxylation sites is 2. The van der Waals surface area contributed by atoms with Crippen molar-refractivity contribution in [3.05, 3.63) is 150 Å². The monoisotopic (exact) mass is 579 g/mol. The van der Waals surface area contributed by atoms with E-state index in [1.807, 2.05) is 0 Å². The lowest BCUT2D eigenvalue weighted by molar-refractivity contribution is 0.591. The van der Waals surface area contributed by atoms with Crippen LogP contribution in [-0.4, -0.2) is 4.57 Å². The maximum Gasteiger partial charge on any atom is 0.0541 e. The van der Waals surface area contributed by atoms with E-state index in [4.69, 9.17) is 0 Å². The number of hydrogen-bond acceptors (Lipinski definition) is 0. The van der Waals surface area contributed by atoms with E-state index >= 15 is 0 Å². The van der Waals surface area contributed by atoms with E-state index < -0.39 is 0 Å². The Bertz CT molecular complexity index is 2360. The van der Waals surface area contributed by atoms with Crippen LogP contribution in [0.2, 0.25) is 0 Å². The molecule has 218 valence electrons. The van der Waals surface area contributed by atoms with E-state index in [1.165, 1.54) is 88.0 Å². The molecule has 0 atom stereocenters. The molecule has 0 bridgehead atoms. The summed E-state index contributed by atoms with van der Waals surface area (Å²) in [5, 5.41) is 7.77. The Labute approximate surface area is 265 Å². The van der Waals surface area contributed by atoms with Gasteiger partial charge in [-0.15, -0.1) is 0 Å². The summed E-state index contributed by atoms with van der Waals surface area (Å²) >= 11 is 0. The van der Waals surface area contributed by atoms with E-state index in [1.54, 1.807) is 0 Å². The maximum absolute atomic E-state index is 2.45. The summed E-state index contributed by atoms with van der Waals surface area (Å²) in [5.41, 5.74) is 12.8. The molecule has 0 aliphatic carbocycles. The first-order valence-corrected chi connectivity index (χ1v) is 16.0. The average molecular weight is 580 g/mol. The van der Waals surface area contributed by atoms with Crippen LogP contribution in [0, 0.1) is 13.8 Å². The van der Waals surface area contributed by atoms with Gasteiger partial charge in [0.15, 0.2) is 0 Å². The van der Waals surface area contributed by atoms with Gasteiger partial charge in [0.05, 0.1) is 11.0 Å². The first-order valence-electron chi connectivity index (χ1n) is 16.0. The van der Waals surface area contributed by atoms with Gasteiger partial charge < -0.3 is 4.57 Å². The molecule has 0 amide bonds. The van der Waals surface area contributed by atoms with Crippen LogP contribution in [0.4, 0.5) is 0 Å². The van der Waals surface area contributed by atoms with E-state index in [0.29, 0.717) is 0 Å². The number of aromatic nitrogens is 1. The average Bonchev–Trinajstić information content (AvgIpc) is 3.38. The van der Waals surface area contributed by atoms with Crippen molar-refractivity contribution >= 4 is 43.4 Å². The Morgan fingerprint density at radius 1 is 0.444 bits per heavy atom. The summed E-state index contributed by atoms with van der Waals surface area (Å²) < 4.78 is 2.45. The van der Waals surface area contributed by atoms with Crippen molar-refractivity contribution in [2.24, 2.45) is 0 Å². The number of fused-ring (bicyclic) bond motifs is 5. The van der Waals surface area contributed by atoms with E-state index in [0.717, 1.165) is 0 Å². The van der Waals surface area contributed by atoms with Crippen LogP contribution in [0.5, 0.6) is 0 Å². The van der Waals surface area contributed by atoms with Crippen LogP contribution in [0.15, 0.2) is 133 Å². The lowest BCUT2D eigenvalue weighted by Gasteiger charge is -2.24. The number of aryl methyl sites for hydroxylation is 2. The normalized spacial score (nSPS) is 12.1. The Hall–Kier alpha value is -5.14. The van der Waals surface area contributed by atoms with Gasteiger partial charge in [0, 0.05) is 16.5 Å². The highest BCUT2D eigenvalue weighted by atomic mass is 15.0. The van der Waals surface area contributed by atoms with E-state index in [2.05, 4.69) is 173 Å². The largest absolute Gasteiger partial charge is 0.309 e. The smallest absolute Gasteiger partial charge is 0.0541 e. The molecular formula is C44H37N. The summed E-state index contributed by atoms with van der Waals surface area (Å²) in [7, 11) is 0. The molecular weight excluding hydrogens is 542 g/mol. The Balaban J connectivity index is 1.46. The number of benzene rings is 7. The Kier molecular flexibility index (Phi) is 6.22. The minimum Gasteiger partial charge on any atom is -0.309 e. The third-order valence-corrected chi connectivity index (χ3v) is 9.59. The third-order valence-electron chi connectivity index (χ3n) is 9.59. The van der Waals surface area contributed by atoms with Crippen LogP contribution in [0.1, 0.15) is 37.5 Å². The van der Waals surface area contributed by atoms with Gasteiger partial charge in [-0.05, 0) is 110 Å². The SMILES string of the molecule is Cc1cc(-n2c3ccccc3c3ccccc32)c(C)cc1-c1c2ccccc2c(-c2ccccc2)c2cc(C(C)(C)C)ccc12. The molecule has 0 radical (unpaired) electrons. The summed E-state index contributed by atoms with van der Waals surface area (Å²) in [4.78, 5) is 0. The topological polar surface area (TPSA) is 4.93 Å². The van der Waals surface area contributed by atoms with Crippen molar-refractivity contribution in [3.8, 4) is 27.9 Å². The lowest BCUT2D eigenvalue weighted by Crippen LogP contribution is -2.10. The fourth-order valence-corrected chi connectivity index (χ4v) is 7.34. The molecule has 0 unspecified atom stereocenters. The van der Waals surface area contributed by atoms with Gasteiger partial charge in [-0.1, -0.05) is 124 Å². The quantitative estimate of drug-likeness (QED) is 0.183. The highest BCUT2D eigenvalue weighted by Gasteiger charge is 2.22. The van der Waals surface area contributed by atoms with Crippen molar-refractivity contribution in [1.29, 1.82) is 0 Å². The van der Waals surface area contributed by atoms with Gasteiger partial charge in [0.2, 0.25) is 0 Å². The molecule has 8 rings (SSSR count). The molecule has 1 heteroatoms. The van der Waals surface area contributed by atoms with Crippen LogP contribution < -0.4 is 0 Å². The van der Waals surface area contributed by atoms with Gasteiger partial charge in [0.1, 0.15) is 0 Å². The van der Waals surface area contributed by atoms with Gasteiger partial charge in [0.25, 0.3) is 0 Å². The molecule has 0 spiro atoms. The van der Waals surface area contributed by atoms with E-state index in [-0.39, 0.29) is 5.41 Å². The van der Waals surface area contributed by atoms with Crippen molar-refractivity contribution in [1.82, 2.24) is 4.57 Å². The molecule has 1 heterocycles. The molecule has 7 aromatic carbocycles. The first-order chi connectivity index (χ1) is 21.8. The van der Waals surface area contributed by atoms with Crippen LogP contribution in [-0.2, 0) is 5.41 Å². The summed E-state index contributed by atoms with van der Waals surface area (Å²) in [6.07, 6.45) is 0. The zero-order chi connectivity index (χ0) is 30.9. The number of nitrogens with zero attached hydrogens (tertiary/aromatic N) is 1. The zero-order valence-electron chi connectivity index (χ0n) is 26.6. The van der Waals surface area contributed by atoms with Crippen molar-refractivity contribution in [2.75, 3.05) is 0 Å². The molecule has 0 aliphatic heterocycles.